The van der Waals surface area contributed by atoms with E-state index in [-0.39, 0.29) is 5.03 Å². The lowest BCUT2D eigenvalue weighted by Gasteiger charge is -2.19. The minimum Gasteiger partial charge on any atom is -0.383 e. The summed E-state index contributed by atoms with van der Waals surface area (Å²) in [5, 5.41) is 3.25. The molecule has 0 aliphatic heterocycles. The van der Waals surface area contributed by atoms with E-state index < -0.39 is 10.0 Å². The molecule has 1 aromatic heterocycles. The van der Waals surface area contributed by atoms with Crippen molar-refractivity contribution in [2.75, 3.05) is 33.4 Å². The fourth-order valence-corrected chi connectivity index (χ4v) is 3.06. The van der Waals surface area contributed by atoms with Gasteiger partial charge in [-0.3, -0.25) is 0 Å². The molecule has 0 spiro atoms. The number of hydrogen-bond donors (Lipinski definition) is 1. The van der Waals surface area contributed by atoms with Gasteiger partial charge in [-0.05, 0) is 18.2 Å². The average Bonchev–Trinajstić information content (AvgIpc) is 2.46. The molecule has 0 bridgehead atoms. The van der Waals surface area contributed by atoms with Crippen LogP contribution in [0.15, 0.2) is 23.4 Å². The van der Waals surface area contributed by atoms with Crippen molar-refractivity contribution in [2.24, 2.45) is 0 Å². The number of nitrogens with zero attached hydrogens (tertiary/aromatic N) is 2. The Morgan fingerprint density at radius 2 is 2.10 bits per heavy atom. The van der Waals surface area contributed by atoms with Gasteiger partial charge in [0.25, 0.3) is 10.0 Å². The van der Waals surface area contributed by atoms with Gasteiger partial charge >= 0.3 is 0 Å². The second kappa shape index (κ2) is 8.31. The Labute approximate surface area is 121 Å². The standard InChI is InChI=1S/C13H23N3O3S/c1-4-14-10-12-6-7-13(15-11-12)20(17,18)16(5-2)8-9-19-3/h6-7,11,14H,4-5,8-10H2,1-3H3. The molecule has 1 heterocycles. The Morgan fingerprint density at radius 1 is 1.35 bits per heavy atom. The fourth-order valence-electron chi connectivity index (χ4n) is 1.71. The molecular weight excluding hydrogens is 278 g/mol. The van der Waals surface area contributed by atoms with Crippen molar-refractivity contribution in [2.45, 2.75) is 25.4 Å². The largest absolute Gasteiger partial charge is 0.383 e. The summed E-state index contributed by atoms with van der Waals surface area (Å²) in [7, 11) is -1.99. The number of hydrogen-bond acceptors (Lipinski definition) is 5. The molecule has 1 rings (SSSR count). The smallest absolute Gasteiger partial charge is 0.260 e. The van der Waals surface area contributed by atoms with Crippen molar-refractivity contribution in [1.29, 1.82) is 0 Å². The molecule has 6 nitrogen and oxygen atoms in total. The van der Waals surface area contributed by atoms with Gasteiger partial charge in [-0.1, -0.05) is 19.9 Å². The van der Waals surface area contributed by atoms with E-state index in [1.165, 1.54) is 4.31 Å². The second-order valence-electron chi connectivity index (χ2n) is 4.27. The first-order valence-corrected chi connectivity index (χ1v) is 8.15. The van der Waals surface area contributed by atoms with Gasteiger partial charge in [-0.25, -0.2) is 13.4 Å². The van der Waals surface area contributed by atoms with E-state index in [0.717, 1.165) is 12.1 Å². The first-order valence-electron chi connectivity index (χ1n) is 6.71. The lowest BCUT2D eigenvalue weighted by atomic mass is 10.3. The van der Waals surface area contributed by atoms with Crippen molar-refractivity contribution in [1.82, 2.24) is 14.6 Å². The van der Waals surface area contributed by atoms with Gasteiger partial charge in [0.15, 0.2) is 5.03 Å². The summed E-state index contributed by atoms with van der Waals surface area (Å²) in [5.41, 5.74) is 0.964. The molecule has 0 radical (unpaired) electrons. The number of methoxy groups -OCH3 is 1. The molecule has 1 N–H and O–H groups in total. The van der Waals surface area contributed by atoms with Gasteiger partial charge < -0.3 is 10.1 Å². The first-order chi connectivity index (χ1) is 9.56. The first kappa shape index (κ1) is 17.0. The molecule has 1 aromatic rings. The Bertz CT molecular complexity index is 488. The predicted octanol–water partition coefficient (Wildman–Crippen LogP) is 0.848. The molecule has 0 amide bonds. The summed E-state index contributed by atoms with van der Waals surface area (Å²) in [5.74, 6) is 0. The van der Waals surface area contributed by atoms with Crippen molar-refractivity contribution in [3.8, 4) is 0 Å². The van der Waals surface area contributed by atoms with Gasteiger partial charge in [0, 0.05) is 32.9 Å². The zero-order chi connectivity index (χ0) is 15.0. The minimum absolute atomic E-state index is 0.0794. The summed E-state index contributed by atoms with van der Waals surface area (Å²) in [6, 6.07) is 3.34. The maximum atomic E-state index is 12.4. The highest BCUT2D eigenvalue weighted by atomic mass is 32.2. The van der Waals surface area contributed by atoms with Crippen molar-refractivity contribution >= 4 is 10.0 Å². The number of pyridine rings is 1. The van der Waals surface area contributed by atoms with Crippen LogP contribution < -0.4 is 5.32 Å². The molecule has 0 saturated heterocycles. The molecule has 0 saturated carbocycles. The number of aromatic nitrogens is 1. The SMILES string of the molecule is CCNCc1ccc(S(=O)(=O)N(CC)CCOC)nc1. The van der Waals surface area contributed by atoms with E-state index in [4.69, 9.17) is 4.74 Å². The average molecular weight is 301 g/mol. The lowest BCUT2D eigenvalue weighted by molar-refractivity contribution is 0.180. The van der Waals surface area contributed by atoms with Crippen LogP contribution in [-0.2, 0) is 21.3 Å². The highest BCUT2D eigenvalue weighted by Gasteiger charge is 2.23. The molecule has 114 valence electrons. The van der Waals surface area contributed by atoms with E-state index in [2.05, 4.69) is 10.3 Å². The fraction of sp³-hybridized carbons (Fsp3) is 0.615. The topological polar surface area (TPSA) is 71.5 Å². The van der Waals surface area contributed by atoms with E-state index in [1.807, 2.05) is 6.92 Å². The third kappa shape index (κ3) is 4.52. The van der Waals surface area contributed by atoms with Crippen molar-refractivity contribution in [3.63, 3.8) is 0 Å². The molecule has 0 aliphatic rings. The summed E-state index contributed by atoms with van der Waals surface area (Å²) < 4.78 is 31.1. The zero-order valence-corrected chi connectivity index (χ0v) is 13.1. The molecule has 0 atom stereocenters. The van der Waals surface area contributed by atoms with Gasteiger partial charge in [-0.15, -0.1) is 0 Å². The number of rotatable bonds is 9. The van der Waals surface area contributed by atoms with E-state index in [9.17, 15) is 8.42 Å². The number of nitrogens with one attached hydrogen (secondary N) is 1. The molecule has 20 heavy (non-hydrogen) atoms. The Balaban J connectivity index is 2.85. The van der Waals surface area contributed by atoms with Gasteiger partial charge in [0.2, 0.25) is 0 Å². The monoisotopic (exact) mass is 301 g/mol. The maximum Gasteiger partial charge on any atom is 0.260 e. The summed E-state index contributed by atoms with van der Waals surface area (Å²) in [4.78, 5) is 4.07. The van der Waals surface area contributed by atoms with Gasteiger partial charge in [0.1, 0.15) is 0 Å². The second-order valence-corrected chi connectivity index (χ2v) is 6.16. The highest BCUT2D eigenvalue weighted by Crippen LogP contribution is 2.13. The van der Waals surface area contributed by atoms with Gasteiger partial charge in [0.05, 0.1) is 6.61 Å². The van der Waals surface area contributed by atoms with Crippen LogP contribution in [0.1, 0.15) is 19.4 Å². The summed E-state index contributed by atoms with van der Waals surface area (Å²) in [6.07, 6.45) is 1.60. The van der Waals surface area contributed by atoms with Crippen LogP contribution in [0, 0.1) is 0 Å². The molecule has 0 aliphatic carbocycles. The maximum absolute atomic E-state index is 12.4. The minimum atomic E-state index is -3.54. The lowest BCUT2D eigenvalue weighted by Crippen LogP contribution is -2.34. The van der Waals surface area contributed by atoms with Crippen LogP contribution in [0.2, 0.25) is 0 Å². The van der Waals surface area contributed by atoms with Crippen molar-refractivity contribution < 1.29 is 13.2 Å². The number of likely N-dealkylation sites (N-methyl/N-ethyl adjacent to an activating group) is 1. The highest BCUT2D eigenvalue weighted by molar-refractivity contribution is 7.89. The number of sulfonamides is 1. The van der Waals surface area contributed by atoms with E-state index >= 15 is 0 Å². The van der Waals surface area contributed by atoms with Crippen LogP contribution >= 0.6 is 0 Å². The Kier molecular flexibility index (Phi) is 7.08. The van der Waals surface area contributed by atoms with Gasteiger partial charge in [-0.2, -0.15) is 4.31 Å². The molecule has 7 heteroatoms. The molecule has 0 aromatic carbocycles. The molecular formula is C13H23N3O3S. The van der Waals surface area contributed by atoms with E-state index in [0.29, 0.717) is 26.2 Å². The quantitative estimate of drug-likeness (QED) is 0.732. The zero-order valence-electron chi connectivity index (χ0n) is 12.3. The predicted molar refractivity (Wildman–Crippen MR) is 77.9 cm³/mol. The van der Waals surface area contributed by atoms with Crippen molar-refractivity contribution in [3.05, 3.63) is 23.9 Å². The normalized spacial score (nSPS) is 12.0. The third-order valence-corrected chi connectivity index (χ3v) is 4.77. The van der Waals surface area contributed by atoms with Crippen LogP contribution in [0.5, 0.6) is 0 Å². The van der Waals surface area contributed by atoms with Crippen LogP contribution in [-0.4, -0.2) is 51.1 Å². The Hall–Kier alpha value is -1.02. The summed E-state index contributed by atoms with van der Waals surface area (Å²) in [6.45, 7) is 6.45. The summed E-state index contributed by atoms with van der Waals surface area (Å²) >= 11 is 0. The number of ether oxygens (including phenoxy) is 1. The Morgan fingerprint density at radius 3 is 2.60 bits per heavy atom. The molecule has 0 unspecified atom stereocenters. The van der Waals surface area contributed by atoms with Crippen LogP contribution in [0.3, 0.4) is 0 Å². The third-order valence-electron chi connectivity index (χ3n) is 2.88. The van der Waals surface area contributed by atoms with Crippen LogP contribution in [0.4, 0.5) is 0 Å². The molecule has 0 fully saturated rings. The van der Waals surface area contributed by atoms with E-state index in [1.54, 1.807) is 32.4 Å². The van der Waals surface area contributed by atoms with Crippen LogP contribution in [0.25, 0.3) is 0 Å².